The lowest BCUT2D eigenvalue weighted by Gasteiger charge is -2.43. The van der Waals surface area contributed by atoms with Crippen LogP contribution < -0.4 is 10.1 Å². The smallest absolute Gasteiger partial charge is 0.240 e. The molecule has 1 aromatic heterocycles. The van der Waals surface area contributed by atoms with Gasteiger partial charge in [-0.1, -0.05) is 29.4 Å². The van der Waals surface area contributed by atoms with Gasteiger partial charge >= 0.3 is 0 Å². The molecule has 1 amide bonds. The van der Waals surface area contributed by atoms with E-state index in [0.29, 0.717) is 35.3 Å². The number of anilines is 1. The summed E-state index contributed by atoms with van der Waals surface area (Å²) in [5.41, 5.74) is 1.32. The Hall–Kier alpha value is -2.32. The number of rotatable bonds is 4. The van der Waals surface area contributed by atoms with E-state index in [0.717, 1.165) is 36.5 Å². The van der Waals surface area contributed by atoms with Gasteiger partial charge in [0.25, 0.3) is 0 Å². The molecule has 5 rings (SSSR count). The number of aryl methyl sites for hydroxylation is 1. The van der Waals surface area contributed by atoms with Gasteiger partial charge in [-0.2, -0.15) is 0 Å². The van der Waals surface area contributed by atoms with E-state index in [9.17, 15) is 9.59 Å². The third-order valence-corrected chi connectivity index (χ3v) is 7.52. The number of likely N-dealkylation sites (tertiary alicyclic amines) is 1. The van der Waals surface area contributed by atoms with Crippen LogP contribution in [-0.2, 0) is 4.79 Å². The van der Waals surface area contributed by atoms with Gasteiger partial charge in [0, 0.05) is 31.8 Å². The molecule has 158 valence electrons. The summed E-state index contributed by atoms with van der Waals surface area (Å²) in [6.45, 7) is 3.76. The van der Waals surface area contributed by atoms with Crippen molar-refractivity contribution >= 4 is 28.2 Å². The van der Waals surface area contributed by atoms with Crippen LogP contribution in [0.2, 0.25) is 0 Å². The number of hydrogen-bond acceptors (Lipinski definition) is 7. The zero-order valence-corrected chi connectivity index (χ0v) is 18.0. The number of Topliss-reactive ketones (excluding diaryl/α,β-unsaturated/α-hetero) is 1. The van der Waals surface area contributed by atoms with Crippen LogP contribution in [-0.4, -0.2) is 52.0 Å². The topological polar surface area (TPSA) is 84.4 Å². The van der Waals surface area contributed by atoms with Crippen molar-refractivity contribution in [2.75, 3.05) is 25.0 Å². The highest BCUT2D eigenvalue weighted by Gasteiger charge is 2.43. The molecule has 0 bridgehead atoms. The van der Waals surface area contributed by atoms with Crippen molar-refractivity contribution in [3.63, 3.8) is 0 Å². The van der Waals surface area contributed by atoms with E-state index >= 15 is 0 Å². The molecule has 0 radical (unpaired) electrons. The van der Waals surface area contributed by atoms with Crippen molar-refractivity contribution in [2.24, 2.45) is 0 Å². The monoisotopic (exact) mass is 426 g/mol. The molecule has 3 heterocycles. The van der Waals surface area contributed by atoms with Crippen molar-refractivity contribution in [2.45, 2.75) is 57.0 Å². The number of ether oxygens (including phenoxy) is 1. The van der Waals surface area contributed by atoms with Crippen LogP contribution in [0.25, 0.3) is 0 Å². The van der Waals surface area contributed by atoms with Crippen molar-refractivity contribution in [3.8, 4) is 5.75 Å². The lowest BCUT2D eigenvalue weighted by atomic mass is 9.82. The molecule has 1 aliphatic carbocycles. The van der Waals surface area contributed by atoms with Crippen LogP contribution >= 0.6 is 11.3 Å². The molecule has 0 atom stereocenters. The summed E-state index contributed by atoms with van der Waals surface area (Å²) >= 11 is 1.49. The number of carbonyl (C=O) groups is 2. The normalized spacial score (nSPS) is 21.0. The highest BCUT2D eigenvalue weighted by Crippen LogP contribution is 2.40. The van der Waals surface area contributed by atoms with Crippen LogP contribution in [0.1, 0.15) is 65.4 Å². The van der Waals surface area contributed by atoms with E-state index in [1.807, 2.05) is 25.1 Å². The van der Waals surface area contributed by atoms with Crippen LogP contribution in [0.5, 0.6) is 5.75 Å². The Kier molecular flexibility index (Phi) is 5.06. The maximum atomic E-state index is 12.7. The molecule has 1 aromatic carbocycles. The van der Waals surface area contributed by atoms with E-state index in [2.05, 4.69) is 20.4 Å². The number of piperidine rings is 1. The molecular formula is C22H26N4O3S. The van der Waals surface area contributed by atoms with Gasteiger partial charge in [0.1, 0.15) is 16.4 Å². The standard InChI is InChI=1S/C22H26N4O3S/c1-14-5-6-18-16(11-14)17(27)12-22(29-18)7-9-26(10-8-22)13-19(28)23-21-25-24-20(30-21)15-3-2-4-15/h5-6,11,15H,2-4,7-10,12-13H2,1H3,(H,23,25,28). The first kappa shape index (κ1) is 19.6. The van der Waals surface area contributed by atoms with Crippen molar-refractivity contribution in [1.82, 2.24) is 15.1 Å². The first-order valence-electron chi connectivity index (χ1n) is 10.7. The Bertz CT molecular complexity index is 977. The van der Waals surface area contributed by atoms with Gasteiger partial charge in [-0.15, -0.1) is 10.2 Å². The van der Waals surface area contributed by atoms with Crippen molar-refractivity contribution in [3.05, 3.63) is 34.3 Å². The van der Waals surface area contributed by atoms with Gasteiger partial charge in [-0.25, -0.2) is 0 Å². The predicted molar refractivity (Wildman–Crippen MR) is 114 cm³/mol. The van der Waals surface area contributed by atoms with Crippen molar-refractivity contribution in [1.29, 1.82) is 0 Å². The zero-order valence-electron chi connectivity index (χ0n) is 17.1. The summed E-state index contributed by atoms with van der Waals surface area (Å²) in [5, 5.41) is 12.8. The number of benzene rings is 1. The van der Waals surface area contributed by atoms with E-state index in [1.165, 1.54) is 30.6 Å². The summed E-state index contributed by atoms with van der Waals surface area (Å²) in [7, 11) is 0. The second-order valence-corrected chi connectivity index (χ2v) is 9.79. The largest absolute Gasteiger partial charge is 0.486 e. The summed E-state index contributed by atoms with van der Waals surface area (Å²) in [4.78, 5) is 27.3. The molecule has 1 saturated heterocycles. The first-order chi connectivity index (χ1) is 14.5. The molecule has 0 unspecified atom stereocenters. The first-order valence-corrected chi connectivity index (χ1v) is 11.5. The fourth-order valence-electron chi connectivity index (χ4n) is 4.47. The fraction of sp³-hybridized carbons (Fsp3) is 0.545. The van der Waals surface area contributed by atoms with E-state index < -0.39 is 5.60 Å². The Balaban J connectivity index is 1.15. The third-order valence-electron chi connectivity index (χ3n) is 6.52. The highest BCUT2D eigenvalue weighted by molar-refractivity contribution is 7.15. The molecule has 1 spiro atoms. The van der Waals surface area contributed by atoms with E-state index in [-0.39, 0.29) is 11.7 Å². The molecule has 2 aliphatic heterocycles. The van der Waals surface area contributed by atoms with E-state index in [4.69, 9.17) is 4.74 Å². The van der Waals surface area contributed by atoms with Crippen LogP contribution in [0, 0.1) is 6.92 Å². The summed E-state index contributed by atoms with van der Waals surface area (Å²) in [5.74, 6) is 1.31. The SMILES string of the molecule is Cc1ccc2c(c1)C(=O)CC1(CCN(CC(=O)Nc3nnc(C4CCC4)s3)CC1)O2. The number of hydrogen-bond donors (Lipinski definition) is 1. The molecule has 8 heteroatoms. The summed E-state index contributed by atoms with van der Waals surface area (Å²) < 4.78 is 6.31. The van der Waals surface area contributed by atoms with Crippen LogP contribution in [0.3, 0.4) is 0 Å². The number of nitrogens with zero attached hydrogens (tertiary/aromatic N) is 3. The number of fused-ring (bicyclic) bond motifs is 1. The molecular weight excluding hydrogens is 400 g/mol. The number of nitrogens with one attached hydrogen (secondary N) is 1. The molecule has 1 saturated carbocycles. The Morgan fingerprint density at radius 2 is 2.10 bits per heavy atom. The average molecular weight is 427 g/mol. The lowest BCUT2D eigenvalue weighted by Crippen LogP contribution is -2.52. The minimum absolute atomic E-state index is 0.0660. The fourth-order valence-corrected chi connectivity index (χ4v) is 5.40. The van der Waals surface area contributed by atoms with Crippen molar-refractivity contribution < 1.29 is 14.3 Å². The van der Waals surface area contributed by atoms with Gasteiger partial charge in [-0.3, -0.25) is 19.8 Å². The zero-order chi connectivity index (χ0) is 20.7. The number of ketones is 1. The number of amides is 1. The second-order valence-electron chi connectivity index (χ2n) is 8.78. The Labute approximate surface area is 179 Å². The van der Waals surface area contributed by atoms with Crippen LogP contribution in [0.4, 0.5) is 5.13 Å². The molecule has 2 fully saturated rings. The Morgan fingerprint density at radius 1 is 1.30 bits per heavy atom. The van der Waals surface area contributed by atoms with Gasteiger partial charge in [0.15, 0.2) is 5.78 Å². The van der Waals surface area contributed by atoms with Gasteiger partial charge in [-0.05, 0) is 31.9 Å². The van der Waals surface area contributed by atoms with Gasteiger partial charge < -0.3 is 4.74 Å². The molecule has 2 aromatic rings. The van der Waals surface area contributed by atoms with Gasteiger partial charge in [0.05, 0.1) is 18.5 Å². The number of aromatic nitrogens is 2. The summed E-state index contributed by atoms with van der Waals surface area (Å²) in [6.07, 6.45) is 5.49. The minimum atomic E-state index is -0.441. The quantitative estimate of drug-likeness (QED) is 0.805. The van der Waals surface area contributed by atoms with E-state index in [1.54, 1.807) is 0 Å². The lowest BCUT2D eigenvalue weighted by molar-refractivity contribution is -0.118. The van der Waals surface area contributed by atoms with Crippen LogP contribution in [0.15, 0.2) is 18.2 Å². The average Bonchev–Trinajstić information content (AvgIpc) is 3.11. The molecule has 30 heavy (non-hydrogen) atoms. The third kappa shape index (κ3) is 3.86. The molecule has 1 N–H and O–H groups in total. The Morgan fingerprint density at radius 3 is 2.83 bits per heavy atom. The van der Waals surface area contributed by atoms with Gasteiger partial charge in [0.2, 0.25) is 11.0 Å². The maximum Gasteiger partial charge on any atom is 0.240 e. The highest BCUT2D eigenvalue weighted by atomic mass is 32.1. The maximum absolute atomic E-state index is 12.7. The minimum Gasteiger partial charge on any atom is -0.486 e. The second kappa shape index (κ2) is 7.74. The molecule has 3 aliphatic rings. The molecule has 7 nitrogen and oxygen atoms in total. The predicted octanol–water partition coefficient (Wildman–Crippen LogP) is 3.55. The number of carbonyl (C=O) groups excluding carboxylic acids is 2. The summed E-state index contributed by atoms with van der Waals surface area (Å²) in [6, 6.07) is 5.80.